The van der Waals surface area contributed by atoms with Gasteiger partial charge in [-0.3, -0.25) is 5.32 Å². The van der Waals surface area contributed by atoms with Crippen molar-refractivity contribution >= 4 is 34.4 Å². The van der Waals surface area contributed by atoms with E-state index < -0.39 is 11.9 Å². The molecule has 2 rings (SSSR count). The zero-order valence-electron chi connectivity index (χ0n) is 9.90. The second-order valence-electron chi connectivity index (χ2n) is 3.79. The minimum absolute atomic E-state index is 0.116. The molecule has 0 spiro atoms. The van der Waals surface area contributed by atoms with E-state index in [4.69, 9.17) is 4.74 Å². The summed E-state index contributed by atoms with van der Waals surface area (Å²) in [6, 6.07) is 14.1. The Morgan fingerprint density at radius 1 is 1.16 bits per heavy atom. The van der Waals surface area contributed by atoms with E-state index >= 15 is 0 Å². The zero-order chi connectivity index (χ0) is 13.7. The zero-order valence-corrected chi connectivity index (χ0v) is 12.1. The SMILES string of the molecule is O=C(Nc1cccc(I)c1F)OCc1ccccc1. The largest absolute Gasteiger partial charge is 0.444 e. The molecule has 5 heteroatoms. The molecule has 0 atom stereocenters. The van der Waals surface area contributed by atoms with E-state index in [1.807, 2.05) is 52.9 Å². The summed E-state index contributed by atoms with van der Waals surface area (Å²) >= 11 is 1.86. The monoisotopic (exact) mass is 371 g/mol. The maximum Gasteiger partial charge on any atom is 0.412 e. The summed E-state index contributed by atoms with van der Waals surface area (Å²) in [5.74, 6) is -0.459. The number of amides is 1. The van der Waals surface area contributed by atoms with E-state index in [2.05, 4.69) is 5.32 Å². The first-order chi connectivity index (χ1) is 9.16. The minimum Gasteiger partial charge on any atom is -0.444 e. The molecule has 0 aliphatic heterocycles. The number of anilines is 1. The molecule has 1 amide bonds. The number of rotatable bonds is 3. The van der Waals surface area contributed by atoms with Crippen molar-refractivity contribution in [3.63, 3.8) is 0 Å². The third kappa shape index (κ3) is 3.92. The van der Waals surface area contributed by atoms with Gasteiger partial charge in [-0.05, 0) is 40.3 Å². The molecule has 0 aliphatic carbocycles. The smallest absolute Gasteiger partial charge is 0.412 e. The highest BCUT2D eigenvalue weighted by molar-refractivity contribution is 14.1. The Morgan fingerprint density at radius 3 is 2.63 bits per heavy atom. The van der Waals surface area contributed by atoms with Gasteiger partial charge in [0, 0.05) is 0 Å². The Kier molecular flexibility index (Phi) is 4.73. The lowest BCUT2D eigenvalue weighted by Gasteiger charge is -2.08. The van der Waals surface area contributed by atoms with Crippen molar-refractivity contribution in [2.75, 3.05) is 5.32 Å². The first-order valence-electron chi connectivity index (χ1n) is 5.58. The van der Waals surface area contributed by atoms with Crippen LogP contribution in [-0.2, 0) is 11.3 Å². The Balaban J connectivity index is 1.93. The number of hydrogen-bond acceptors (Lipinski definition) is 2. The Morgan fingerprint density at radius 2 is 1.89 bits per heavy atom. The van der Waals surface area contributed by atoms with Crippen molar-refractivity contribution in [3.8, 4) is 0 Å². The normalized spacial score (nSPS) is 10.0. The third-order valence-electron chi connectivity index (χ3n) is 2.40. The third-order valence-corrected chi connectivity index (χ3v) is 3.23. The summed E-state index contributed by atoms with van der Waals surface area (Å²) in [6.07, 6.45) is -0.676. The Hall–Kier alpha value is -1.63. The van der Waals surface area contributed by atoms with E-state index in [0.717, 1.165) is 5.56 Å². The second-order valence-corrected chi connectivity index (χ2v) is 4.95. The fourth-order valence-electron chi connectivity index (χ4n) is 1.47. The second kappa shape index (κ2) is 6.51. The number of benzene rings is 2. The van der Waals surface area contributed by atoms with Gasteiger partial charge in [-0.15, -0.1) is 0 Å². The van der Waals surface area contributed by atoms with Gasteiger partial charge < -0.3 is 4.74 Å². The van der Waals surface area contributed by atoms with Crippen molar-refractivity contribution in [1.82, 2.24) is 0 Å². The molecule has 0 saturated heterocycles. The van der Waals surface area contributed by atoms with Gasteiger partial charge in [0.15, 0.2) is 5.82 Å². The van der Waals surface area contributed by atoms with Gasteiger partial charge in [0.1, 0.15) is 6.61 Å². The molecular weight excluding hydrogens is 360 g/mol. The van der Waals surface area contributed by atoms with Gasteiger partial charge in [-0.2, -0.15) is 0 Å². The maximum atomic E-state index is 13.6. The summed E-state index contributed by atoms with van der Waals surface area (Å²) < 4.78 is 19.1. The summed E-state index contributed by atoms with van der Waals surface area (Å²) in [5.41, 5.74) is 0.991. The number of hydrogen-bond donors (Lipinski definition) is 1. The molecular formula is C14H11FINO2. The van der Waals surface area contributed by atoms with E-state index in [9.17, 15) is 9.18 Å². The standard InChI is InChI=1S/C14H11FINO2/c15-13-11(16)7-4-8-12(13)17-14(18)19-9-10-5-2-1-3-6-10/h1-8H,9H2,(H,17,18). The van der Waals surface area contributed by atoms with Crippen LogP contribution in [0.4, 0.5) is 14.9 Å². The Bertz CT molecular complexity index is 575. The lowest BCUT2D eigenvalue weighted by Crippen LogP contribution is -2.14. The van der Waals surface area contributed by atoms with Crippen LogP contribution in [0.1, 0.15) is 5.56 Å². The molecule has 2 aromatic rings. The molecule has 0 aliphatic rings. The van der Waals surface area contributed by atoms with Crippen molar-refractivity contribution in [3.05, 3.63) is 63.5 Å². The van der Waals surface area contributed by atoms with Crippen LogP contribution in [0.15, 0.2) is 48.5 Å². The van der Waals surface area contributed by atoms with Gasteiger partial charge in [-0.1, -0.05) is 36.4 Å². The van der Waals surface area contributed by atoms with Crippen LogP contribution in [0.3, 0.4) is 0 Å². The average molecular weight is 371 g/mol. The van der Waals surface area contributed by atoms with Gasteiger partial charge in [0.05, 0.1) is 9.26 Å². The van der Waals surface area contributed by atoms with E-state index in [1.165, 1.54) is 6.07 Å². The van der Waals surface area contributed by atoms with Crippen LogP contribution in [0.5, 0.6) is 0 Å². The fraction of sp³-hybridized carbons (Fsp3) is 0.0714. The van der Waals surface area contributed by atoms with Crippen molar-refractivity contribution in [2.45, 2.75) is 6.61 Å². The molecule has 0 unspecified atom stereocenters. The highest BCUT2D eigenvalue weighted by Gasteiger charge is 2.09. The quantitative estimate of drug-likeness (QED) is 0.823. The number of nitrogens with one attached hydrogen (secondary N) is 1. The molecule has 0 heterocycles. The van der Waals surface area contributed by atoms with E-state index in [-0.39, 0.29) is 12.3 Å². The van der Waals surface area contributed by atoms with Crippen LogP contribution in [0, 0.1) is 9.39 Å². The van der Waals surface area contributed by atoms with Gasteiger partial charge >= 0.3 is 6.09 Å². The number of carbonyl (C=O) groups excluding carboxylic acids is 1. The van der Waals surface area contributed by atoms with E-state index in [0.29, 0.717) is 3.57 Å². The summed E-state index contributed by atoms with van der Waals surface area (Å²) in [7, 11) is 0. The predicted molar refractivity (Wildman–Crippen MR) is 79.4 cm³/mol. The van der Waals surface area contributed by atoms with Crippen molar-refractivity contribution in [2.24, 2.45) is 0 Å². The molecule has 3 nitrogen and oxygen atoms in total. The number of carbonyl (C=O) groups is 1. The van der Waals surface area contributed by atoms with Crippen molar-refractivity contribution in [1.29, 1.82) is 0 Å². The highest BCUT2D eigenvalue weighted by Crippen LogP contribution is 2.19. The molecule has 1 N–H and O–H groups in total. The molecule has 0 saturated carbocycles. The number of halogens is 2. The molecule has 0 radical (unpaired) electrons. The van der Waals surface area contributed by atoms with Crippen LogP contribution >= 0.6 is 22.6 Å². The molecule has 0 aromatic heterocycles. The first-order valence-corrected chi connectivity index (χ1v) is 6.66. The fourth-order valence-corrected chi connectivity index (χ4v) is 1.97. The van der Waals surface area contributed by atoms with Crippen LogP contribution in [-0.4, -0.2) is 6.09 Å². The minimum atomic E-state index is -0.676. The summed E-state index contributed by atoms with van der Waals surface area (Å²) in [4.78, 5) is 11.5. The first kappa shape index (κ1) is 13.8. The highest BCUT2D eigenvalue weighted by atomic mass is 127. The van der Waals surface area contributed by atoms with Gasteiger partial charge in [-0.25, -0.2) is 9.18 Å². The lowest BCUT2D eigenvalue weighted by molar-refractivity contribution is 0.155. The Labute approximate surface area is 123 Å². The molecule has 0 fully saturated rings. The van der Waals surface area contributed by atoms with Gasteiger partial charge in [0.25, 0.3) is 0 Å². The van der Waals surface area contributed by atoms with Gasteiger partial charge in [0.2, 0.25) is 0 Å². The average Bonchev–Trinajstić information content (AvgIpc) is 2.43. The maximum absolute atomic E-state index is 13.6. The van der Waals surface area contributed by atoms with Crippen LogP contribution in [0.25, 0.3) is 0 Å². The molecule has 98 valence electrons. The molecule has 19 heavy (non-hydrogen) atoms. The van der Waals surface area contributed by atoms with Crippen LogP contribution in [0.2, 0.25) is 0 Å². The van der Waals surface area contributed by atoms with E-state index in [1.54, 1.807) is 12.1 Å². The molecule has 2 aromatic carbocycles. The summed E-state index contributed by atoms with van der Waals surface area (Å²) in [5, 5.41) is 2.38. The topological polar surface area (TPSA) is 38.3 Å². The molecule has 0 bridgehead atoms. The van der Waals surface area contributed by atoms with Crippen LogP contribution < -0.4 is 5.32 Å². The lowest BCUT2D eigenvalue weighted by atomic mass is 10.2. The predicted octanol–water partition coefficient (Wildman–Crippen LogP) is 4.18. The number of ether oxygens (including phenoxy) is 1. The van der Waals surface area contributed by atoms with Crippen molar-refractivity contribution < 1.29 is 13.9 Å². The summed E-state index contributed by atoms with van der Waals surface area (Å²) in [6.45, 7) is 0.151.